The van der Waals surface area contributed by atoms with E-state index in [-0.39, 0.29) is 60.5 Å². The Morgan fingerprint density at radius 2 is 1.19 bits per heavy atom. The summed E-state index contributed by atoms with van der Waals surface area (Å²) >= 11 is 0. The summed E-state index contributed by atoms with van der Waals surface area (Å²) in [5.41, 5.74) is 8.97. The number of carbonyl (C=O) groups excluding carboxylic acids is 4. The van der Waals surface area contributed by atoms with Crippen molar-refractivity contribution in [2.24, 2.45) is 0 Å². The Labute approximate surface area is 417 Å². The van der Waals surface area contributed by atoms with Crippen LogP contribution in [0.3, 0.4) is 0 Å². The third-order valence-electron chi connectivity index (χ3n) is 14.0. The van der Waals surface area contributed by atoms with E-state index in [1.165, 1.54) is 7.11 Å². The third-order valence-corrected chi connectivity index (χ3v) is 17.5. The molecule has 6 atom stereocenters. The maximum Gasteiger partial charge on any atom is 0.259 e. The zero-order valence-corrected chi connectivity index (χ0v) is 42.0. The molecule has 0 spiro atoms. The molecule has 12 nitrogen and oxygen atoms in total. The van der Waals surface area contributed by atoms with Crippen LogP contribution in [0.15, 0.2) is 91.0 Å². The first-order valence-electron chi connectivity index (χ1n) is 24.3. The molecule has 0 saturated heterocycles. The highest BCUT2D eigenvalue weighted by molar-refractivity contribution is 8.77. The zero-order chi connectivity index (χ0) is 49.2. The number of benzene rings is 5. The van der Waals surface area contributed by atoms with Crippen LogP contribution in [-0.4, -0.2) is 75.6 Å². The van der Waals surface area contributed by atoms with Crippen molar-refractivity contribution in [3.05, 3.63) is 141 Å². The number of fused-ring (bicyclic) bond motifs is 8. The summed E-state index contributed by atoms with van der Waals surface area (Å²) in [7, 11) is 5.04. The quantitative estimate of drug-likeness (QED) is 0.0719. The fourth-order valence-corrected chi connectivity index (χ4v) is 12.7. The third kappa shape index (κ3) is 10.5. The largest absolute Gasteiger partial charge is 0.493 e. The molecule has 14 heteroatoms. The number of aliphatic hydroxyl groups excluding tert-OH is 2. The van der Waals surface area contributed by atoms with Gasteiger partial charge < -0.3 is 39.5 Å². The van der Waals surface area contributed by atoms with Gasteiger partial charge in [0.25, 0.3) is 11.8 Å². The van der Waals surface area contributed by atoms with Crippen LogP contribution in [0, 0.1) is 6.92 Å². The number of nitrogens with zero attached hydrogens (tertiary/aromatic N) is 2. The highest BCUT2D eigenvalue weighted by Crippen LogP contribution is 2.43. The number of carbonyl (C=O) groups is 4. The van der Waals surface area contributed by atoms with E-state index in [0.717, 1.165) is 51.2 Å². The smallest absolute Gasteiger partial charge is 0.259 e. The lowest BCUT2D eigenvalue weighted by Crippen LogP contribution is -2.43. The zero-order valence-electron chi connectivity index (χ0n) is 40.4. The summed E-state index contributed by atoms with van der Waals surface area (Å²) in [6.07, 6.45) is 3.14. The van der Waals surface area contributed by atoms with Gasteiger partial charge in [-0.2, -0.15) is 0 Å². The summed E-state index contributed by atoms with van der Waals surface area (Å²) < 4.78 is 18.8. The number of para-hydroxylation sites is 2. The molecule has 9 rings (SSSR count). The Bertz CT molecular complexity index is 2820. The maximum absolute atomic E-state index is 14.2. The molecule has 366 valence electrons. The van der Waals surface area contributed by atoms with Crippen molar-refractivity contribution in [3.63, 3.8) is 0 Å². The van der Waals surface area contributed by atoms with Crippen LogP contribution in [0.5, 0.6) is 17.2 Å². The SMILES string of the molecule is CCC(=O)CCC(C)SSC(C)CCC(=O)Nc1cc(COc2cc3c(cc2C)C(=O)N2c4ccccc4C[C@H]2C(O)C3)cc(COc2cc3c(cc2OC)C(=O)N2c4ccccc4C[C@H]2C(O)C3)c1. The average Bonchev–Trinajstić information content (AvgIpc) is 3.90. The van der Waals surface area contributed by atoms with Crippen LogP contribution >= 0.6 is 21.6 Å². The van der Waals surface area contributed by atoms with Gasteiger partial charge in [0, 0.05) is 70.8 Å². The summed E-state index contributed by atoms with van der Waals surface area (Å²) in [6, 6.07) is 27.8. The molecular weight excluding hydrogens is 923 g/mol. The number of amides is 3. The van der Waals surface area contributed by atoms with Gasteiger partial charge >= 0.3 is 0 Å². The van der Waals surface area contributed by atoms with Gasteiger partial charge in [0.2, 0.25) is 5.91 Å². The Morgan fingerprint density at radius 3 is 1.74 bits per heavy atom. The predicted molar refractivity (Wildman–Crippen MR) is 277 cm³/mol. The normalized spacial score (nSPS) is 19.6. The second-order valence-corrected chi connectivity index (χ2v) is 22.2. The van der Waals surface area contributed by atoms with E-state index in [1.807, 2.05) is 92.7 Å². The van der Waals surface area contributed by atoms with Crippen LogP contribution in [-0.2, 0) is 48.5 Å². The van der Waals surface area contributed by atoms with Crippen molar-refractivity contribution < 1.29 is 43.6 Å². The van der Waals surface area contributed by atoms with Gasteiger partial charge in [-0.25, -0.2) is 0 Å². The number of hydrogen-bond acceptors (Lipinski definition) is 11. The topological polar surface area (TPSA) is 155 Å². The van der Waals surface area contributed by atoms with E-state index in [9.17, 15) is 29.4 Å². The number of anilines is 3. The van der Waals surface area contributed by atoms with Crippen molar-refractivity contribution in [2.45, 2.75) is 133 Å². The molecule has 5 aromatic carbocycles. The monoisotopic (exact) mass is 983 g/mol. The molecule has 0 bridgehead atoms. The van der Waals surface area contributed by atoms with Crippen LogP contribution in [0.25, 0.3) is 0 Å². The average molecular weight is 984 g/mol. The molecule has 0 aliphatic carbocycles. The number of methoxy groups -OCH3 is 1. The van der Waals surface area contributed by atoms with E-state index in [2.05, 4.69) is 19.2 Å². The first-order chi connectivity index (χ1) is 33.8. The Balaban J connectivity index is 0.932. The Morgan fingerprint density at radius 1 is 0.671 bits per heavy atom. The van der Waals surface area contributed by atoms with Gasteiger partial charge in [0.1, 0.15) is 24.7 Å². The minimum Gasteiger partial charge on any atom is -0.493 e. The molecule has 70 heavy (non-hydrogen) atoms. The highest BCUT2D eigenvalue weighted by atomic mass is 33.1. The van der Waals surface area contributed by atoms with Crippen molar-refractivity contribution in [2.75, 3.05) is 22.2 Å². The molecule has 0 radical (unpaired) electrons. The van der Waals surface area contributed by atoms with E-state index in [4.69, 9.17) is 14.2 Å². The van der Waals surface area contributed by atoms with E-state index in [0.29, 0.717) is 89.8 Å². The first kappa shape index (κ1) is 49.2. The van der Waals surface area contributed by atoms with Crippen LogP contribution in [0.4, 0.5) is 17.1 Å². The van der Waals surface area contributed by atoms with E-state index < -0.39 is 12.2 Å². The highest BCUT2D eigenvalue weighted by Gasteiger charge is 2.43. The fourth-order valence-electron chi connectivity index (χ4n) is 10.2. The molecule has 3 amide bonds. The maximum atomic E-state index is 14.2. The van der Waals surface area contributed by atoms with E-state index in [1.54, 1.807) is 43.5 Å². The number of ether oxygens (including phenoxy) is 3. The molecule has 4 unspecified atom stereocenters. The number of aliphatic hydroxyl groups is 2. The van der Waals surface area contributed by atoms with E-state index >= 15 is 0 Å². The molecule has 0 saturated carbocycles. The van der Waals surface area contributed by atoms with Gasteiger partial charge in [0.15, 0.2) is 11.5 Å². The van der Waals surface area contributed by atoms with Crippen molar-refractivity contribution in [1.29, 1.82) is 0 Å². The molecule has 4 aliphatic rings. The minimum atomic E-state index is -0.795. The molecule has 4 heterocycles. The van der Waals surface area contributed by atoms with Gasteiger partial charge in [-0.1, -0.05) is 78.8 Å². The number of nitrogens with one attached hydrogen (secondary N) is 1. The summed E-state index contributed by atoms with van der Waals surface area (Å²) in [5, 5.41) is 26.6. The molecule has 0 fully saturated rings. The van der Waals surface area contributed by atoms with Crippen molar-refractivity contribution in [3.8, 4) is 17.2 Å². The second-order valence-electron chi connectivity index (χ2n) is 19.1. The summed E-state index contributed by atoms with van der Waals surface area (Å²) in [5.74, 6) is 1.19. The lowest BCUT2D eigenvalue weighted by molar-refractivity contribution is -0.119. The summed E-state index contributed by atoms with van der Waals surface area (Å²) in [4.78, 5) is 57.1. The standard InChI is InChI=1S/C56H61N3O9S2/c1-6-42(60)17-15-33(3)69-70-34(4)16-18-54(63)57-41-21-35(30-67-51-27-39-25-49(61)47-23-37-11-7-9-13-45(37)58(47)55(64)43(39)19-32(51)2)20-36(22-41)31-68-53-28-40-26-50(62)48-24-38-12-8-10-14-46(38)59(48)56(65)44(40)29-52(53)66-5/h7-14,19-22,27-29,33-34,47-50,61-62H,6,15-18,23-26,30-31H2,1-5H3,(H,57,63)/t33?,34?,47-,48-,49?,50?/m0/s1. The first-order valence-corrected chi connectivity index (χ1v) is 26.6. The number of Topliss-reactive ketones (excluding diaryl/α,β-unsaturated/α-hetero) is 1. The number of aryl methyl sites for hydroxylation is 1. The van der Waals surface area contributed by atoms with Crippen molar-refractivity contribution >= 4 is 62.2 Å². The van der Waals surface area contributed by atoms with Crippen LogP contribution < -0.4 is 29.3 Å². The lowest BCUT2D eigenvalue weighted by Gasteiger charge is -2.26. The number of rotatable bonds is 18. The number of hydrogen-bond donors (Lipinski definition) is 3. The van der Waals surface area contributed by atoms with Crippen molar-refractivity contribution in [1.82, 2.24) is 0 Å². The van der Waals surface area contributed by atoms with Crippen LogP contribution in [0.2, 0.25) is 0 Å². The molecule has 4 aliphatic heterocycles. The summed E-state index contributed by atoms with van der Waals surface area (Å²) in [6.45, 7) is 8.26. The fraction of sp³-hybridized carbons (Fsp3) is 0.393. The predicted octanol–water partition coefficient (Wildman–Crippen LogP) is 9.78. The van der Waals surface area contributed by atoms with Gasteiger partial charge in [-0.15, -0.1) is 0 Å². The number of ketones is 1. The van der Waals surface area contributed by atoms with Gasteiger partial charge in [-0.3, -0.25) is 19.2 Å². The Kier molecular flexibility index (Phi) is 15.0. The lowest BCUT2D eigenvalue weighted by atomic mass is 9.96. The van der Waals surface area contributed by atoms with Gasteiger partial charge in [-0.05, 0) is 126 Å². The molecular formula is C56H61N3O9S2. The molecule has 3 N–H and O–H groups in total. The second kappa shape index (κ2) is 21.3. The molecule has 5 aromatic rings. The Hall–Kier alpha value is -5.80. The minimum absolute atomic E-state index is 0.0794. The van der Waals surface area contributed by atoms with Gasteiger partial charge in [0.05, 0.1) is 31.4 Å². The van der Waals surface area contributed by atoms with Crippen LogP contribution in [0.1, 0.15) is 113 Å². The molecule has 0 aromatic heterocycles.